The normalized spacial score (nSPS) is 13.9. The average molecular weight is 1040 g/mol. The molecule has 9 nitrogen and oxygen atoms in total. The summed E-state index contributed by atoms with van der Waals surface area (Å²) in [7, 11) is 1.19. The summed E-state index contributed by atoms with van der Waals surface area (Å²) in [5, 5.41) is 3.02. The van der Waals surface area contributed by atoms with Gasteiger partial charge in [0, 0.05) is 12.8 Å². The van der Waals surface area contributed by atoms with Gasteiger partial charge < -0.3 is 28.5 Å². The van der Waals surface area contributed by atoms with Crippen LogP contribution in [0.3, 0.4) is 0 Å². The van der Waals surface area contributed by atoms with Crippen molar-refractivity contribution in [2.75, 3.05) is 40.9 Å². The van der Waals surface area contributed by atoms with Crippen LogP contribution in [0.15, 0.2) is 36.5 Å². The van der Waals surface area contributed by atoms with Gasteiger partial charge in [0.15, 0.2) is 0 Å². The highest BCUT2D eigenvalue weighted by Crippen LogP contribution is 2.38. The Morgan fingerprint density at radius 1 is 0.500 bits per heavy atom. The van der Waals surface area contributed by atoms with Gasteiger partial charge in [-0.2, -0.15) is 0 Å². The molecule has 3 atom stereocenters. The number of quaternary nitrogens is 1. The molecule has 0 aliphatic carbocycles. The molecule has 0 radical (unpaired) electrons. The summed E-state index contributed by atoms with van der Waals surface area (Å²) < 4.78 is 30.3. The van der Waals surface area contributed by atoms with Gasteiger partial charge in [-0.1, -0.05) is 263 Å². The maximum Gasteiger partial charge on any atom is 0.306 e. The predicted molar refractivity (Wildman–Crippen MR) is 307 cm³/mol. The zero-order chi connectivity index (χ0) is 52.9. The van der Waals surface area contributed by atoms with Crippen LogP contribution in [0, 0.1) is 0 Å². The first-order chi connectivity index (χ1) is 34.9. The van der Waals surface area contributed by atoms with Crippen molar-refractivity contribution in [3.05, 3.63) is 36.5 Å². The fraction of sp³-hybridized carbons (Fsp3) is 0.871. The molecule has 1 amide bonds. The zero-order valence-electron chi connectivity index (χ0n) is 48.4. The third kappa shape index (κ3) is 53.1. The van der Waals surface area contributed by atoms with Gasteiger partial charge >= 0.3 is 5.97 Å². The van der Waals surface area contributed by atoms with Crippen molar-refractivity contribution in [2.45, 2.75) is 309 Å². The lowest BCUT2D eigenvalue weighted by atomic mass is 10.0. The molecule has 0 spiro atoms. The van der Waals surface area contributed by atoms with Crippen LogP contribution < -0.4 is 10.2 Å². The molecule has 72 heavy (non-hydrogen) atoms. The monoisotopic (exact) mass is 1030 g/mol. The third-order valence-corrected chi connectivity index (χ3v) is 14.8. The van der Waals surface area contributed by atoms with E-state index in [1.165, 1.54) is 180 Å². The minimum absolute atomic E-state index is 0.0220. The highest BCUT2D eigenvalue weighted by atomic mass is 31.2. The molecule has 0 saturated heterocycles. The van der Waals surface area contributed by atoms with Crippen LogP contribution in [-0.2, 0) is 27.9 Å². The number of esters is 1. The molecule has 0 aliphatic heterocycles. The van der Waals surface area contributed by atoms with E-state index < -0.39 is 20.0 Å². The number of phosphoric acid groups is 1. The molecule has 0 aliphatic rings. The first kappa shape index (κ1) is 70.2. The van der Waals surface area contributed by atoms with Crippen LogP contribution in [-0.4, -0.2) is 69.4 Å². The summed E-state index contributed by atoms with van der Waals surface area (Å²) >= 11 is 0. The number of allylic oxidation sites excluding steroid dienone is 5. The Labute approximate surface area is 446 Å². The van der Waals surface area contributed by atoms with Gasteiger partial charge in [-0.15, -0.1) is 0 Å². The fourth-order valence-electron chi connectivity index (χ4n) is 9.09. The fourth-order valence-corrected chi connectivity index (χ4v) is 9.81. The zero-order valence-corrected chi connectivity index (χ0v) is 49.3. The smallest absolute Gasteiger partial charge is 0.306 e. The van der Waals surface area contributed by atoms with E-state index in [-0.39, 0.29) is 31.5 Å². The van der Waals surface area contributed by atoms with Crippen LogP contribution in [0.4, 0.5) is 0 Å². The van der Waals surface area contributed by atoms with Crippen molar-refractivity contribution in [3.63, 3.8) is 0 Å². The first-order valence-corrected chi connectivity index (χ1v) is 32.3. The summed E-state index contributed by atoms with van der Waals surface area (Å²) in [5.74, 6) is -0.539. The minimum atomic E-state index is -4.69. The Morgan fingerprint density at radius 2 is 0.889 bits per heavy atom. The summed E-state index contributed by atoms with van der Waals surface area (Å²) in [4.78, 5) is 39.9. The van der Waals surface area contributed by atoms with Crippen molar-refractivity contribution in [1.82, 2.24) is 5.32 Å². The number of hydrogen-bond acceptors (Lipinski definition) is 7. The molecular formula is C62H119N2O7P. The largest absolute Gasteiger partial charge is 0.756 e. The quantitative estimate of drug-likeness (QED) is 0.0212. The highest BCUT2D eigenvalue weighted by Gasteiger charge is 2.27. The van der Waals surface area contributed by atoms with Crippen LogP contribution in [0.5, 0.6) is 0 Å². The van der Waals surface area contributed by atoms with Crippen molar-refractivity contribution in [2.24, 2.45) is 0 Å². The van der Waals surface area contributed by atoms with Crippen molar-refractivity contribution in [1.29, 1.82) is 0 Å². The highest BCUT2D eigenvalue weighted by molar-refractivity contribution is 7.45. The standard InChI is InChI=1S/C62H119N2O7P/c1-7-10-13-16-19-22-25-27-29-30-31-32-33-34-35-37-40-43-46-49-52-55-62(66)71-60(53-50-47-44-41-38-24-21-18-15-12-9-3)59(58-70-72(67,68)69-57-56-64(4,5)6)63-61(65)54-51-48-45-42-39-36-28-26-23-20-17-14-11-8-2/h11,14,20,23,50,53,59-60H,7-10,12-13,15-19,21-22,24-49,51-52,54-58H2,1-6H3,(H-,63,65,67,68)/b14-11+,23-20+,53-50-. The van der Waals surface area contributed by atoms with Crippen LogP contribution >= 0.6 is 7.82 Å². The predicted octanol–water partition coefficient (Wildman–Crippen LogP) is 18.1. The van der Waals surface area contributed by atoms with Crippen LogP contribution in [0.25, 0.3) is 0 Å². The summed E-state index contributed by atoms with van der Waals surface area (Å²) in [6.45, 7) is 6.76. The number of phosphoric ester groups is 1. The molecule has 1 N–H and O–H groups in total. The van der Waals surface area contributed by atoms with Crippen molar-refractivity contribution in [3.8, 4) is 0 Å². The second-order valence-corrected chi connectivity index (χ2v) is 23.6. The third-order valence-electron chi connectivity index (χ3n) is 13.8. The average Bonchev–Trinajstić information content (AvgIpc) is 3.34. The van der Waals surface area contributed by atoms with Gasteiger partial charge in [0.25, 0.3) is 7.82 Å². The Balaban J connectivity index is 5.15. The number of nitrogens with zero attached hydrogens (tertiary/aromatic N) is 1. The number of nitrogens with one attached hydrogen (secondary N) is 1. The van der Waals surface area contributed by atoms with E-state index in [0.29, 0.717) is 17.4 Å². The molecule has 0 saturated carbocycles. The molecular weight excluding hydrogens is 916 g/mol. The molecule has 3 unspecified atom stereocenters. The number of carbonyl (C=O) groups is 2. The SMILES string of the molecule is CC/C=C/C/C=C/CCCCCCCCCC(=O)NC(COP(=O)([O-])OCC[N+](C)(C)C)C(/C=C\CCCCCCCCCCC)OC(=O)CCCCCCCCCCCCCCCCCCCCCCC. The second-order valence-electron chi connectivity index (χ2n) is 22.2. The minimum Gasteiger partial charge on any atom is -0.756 e. The van der Waals surface area contributed by atoms with Gasteiger partial charge in [-0.25, -0.2) is 0 Å². The second kappa shape index (κ2) is 52.7. The molecule has 10 heteroatoms. The molecule has 0 aromatic carbocycles. The number of unbranched alkanes of at least 4 members (excludes halogenated alkanes) is 36. The Hall–Kier alpha value is -1.77. The molecule has 0 aromatic heterocycles. The number of carbonyl (C=O) groups excluding carboxylic acids is 2. The van der Waals surface area contributed by atoms with E-state index in [9.17, 15) is 19.0 Å². The van der Waals surface area contributed by atoms with Crippen LogP contribution in [0.1, 0.15) is 297 Å². The van der Waals surface area contributed by atoms with Gasteiger partial charge in [0.05, 0.1) is 33.8 Å². The van der Waals surface area contributed by atoms with E-state index in [4.69, 9.17) is 13.8 Å². The lowest BCUT2D eigenvalue weighted by molar-refractivity contribution is -0.870. The molecule has 0 bridgehead atoms. The lowest BCUT2D eigenvalue weighted by Gasteiger charge is -2.30. The lowest BCUT2D eigenvalue weighted by Crippen LogP contribution is -2.47. The number of ether oxygens (including phenoxy) is 1. The van der Waals surface area contributed by atoms with Crippen molar-refractivity contribution < 1.29 is 37.3 Å². The number of rotatable bonds is 56. The van der Waals surface area contributed by atoms with E-state index in [1.54, 1.807) is 0 Å². The maximum atomic E-state index is 13.5. The molecule has 0 rings (SSSR count). The first-order valence-electron chi connectivity index (χ1n) is 30.8. The number of amides is 1. The van der Waals surface area contributed by atoms with E-state index >= 15 is 0 Å². The van der Waals surface area contributed by atoms with Gasteiger partial charge in [0.1, 0.15) is 19.3 Å². The van der Waals surface area contributed by atoms with Gasteiger partial charge in [-0.3, -0.25) is 14.2 Å². The molecule has 0 heterocycles. The summed E-state index contributed by atoms with van der Waals surface area (Å²) in [5.41, 5.74) is 0. The maximum absolute atomic E-state index is 13.5. The Bertz CT molecular complexity index is 1330. The summed E-state index contributed by atoms with van der Waals surface area (Å²) in [6, 6.07) is -0.887. The summed E-state index contributed by atoms with van der Waals surface area (Å²) in [6.07, 6.45) is 62.6. The molecule has 0 fully saturated rings. The molecule has 424 valence electrons. The van der Waals surface area contributed by atoms with E-state index in [2.05, 4.69) is 50.4 Å². The van der Waals surface area contributed by atoms with Gasteiger partial charge in [0.2, 0.25) is 5.91 Å². The van der Waals surface area contributed by atoms with Gasteiger partial charge in [-0.05, 0) is 57.4 Å². The van der Waals surface area contributed by atoms with Crippen LogP contribution in [0.2, 0.25) is 0 Å². The number of hydrogen-bond donors (Lipinski definition) is 1. The van der Waals surface area contributed by atoms with E-state index in [1.807, 2.05) is 33.3 Å². The van der Waals surface area contributed by atoms with Crippen molar-refractivity contribution >= 4 is 19.7 Å². The number of likely N-dealkylation sites (N-methyl/N-ethyl adjacent to an activating group) is 1. The molecule has 0 aromatic rings. The Morgan fingerprint density at radius 3 is 1.32 bits per heavy atom. The van der Waals surface area contributed by atoms with E-state index in [0.717, 1.165) is 83.5 Å². The topological polar surface area (TPSA) is 114 Å². The Kier molecular flexibility index (Phi) is 51.4.